The Morgan fingerprint density at radius 1 is 0.939 bits per heavy atom. The Labute approximate surface area is 189 Å². The van der Waals surface area contributed by atoms with Gasteiger partial charge in [-0.15, -0.1) is 0 Å². The molecule has 0 aromatic heterocycles. The second kappa shape index (κ2) is 8.61. The van der Waals surface area contributed by atoms with Crippen molar-refractivity contribution in [2.24, 2.45) is 5.10 Å². The lowest BCUT2D eigenvalue weighted by atomic mass is 9.95. The number of alkyl halides is 2. The number of methoxy groups -OCH3 is 2. The highest BCUT2D eigenvalue weighted by Crippen LogP contribution is 2.49. The van der Waals surface area contributed by atoms with E-state index in [1.807, 2.05) is 47.5 Å². The van der Waals surface area contributed by atoms with Crippen LogP contribution in [0.4, 0.5) is 8.78 Å². The number of hydrazone groups is 1. The molecule has 0 radical (unpaired) electrons. The maximum absolute atomic E-state index is 13.1. The van der Waals surface area contributed by atoms with Crippen molar-refractivity contribution in [3.8, 4) is 23.0 Å². The molecule has 2 unspecified atom stereocenters. The highest BCUT2D eigenvalue weighted by molar-refractivity contribution is 6.04. The van der Waals surface area contributed by atoms with Crippen molar-refractivity contribution < 1.29 is 27.7 Å². The Bertz CT molecular complexity index is 1200. The zero-order chi connectivity index (χ0) is 22.9. The van der Waals surface area contributed by atoms with Crippen LogP contribution in [-0.4, -0.2) is 31.6 Å². The van der Waals surface area contributed by atoms with Crippen LogP contribution >= 0.6 is 0 Å². The lowest BCUT2D eigenvalue weighted by molar-refractivity contribution is -0.0578. The van der Waals surface area contributed by atoms with Crippen LogP contribution < -0.4 is 18.9 Å². The van der Waals surface area contributed by atoms with Gasteiger partial charge in [-0.3, -0.25) is 0 Å². The van der Waals surface area contributed by atoms with E-state index in [1.54, 1.807) is 32.4 Å². The number of halogens is 2. The average Bonchev–Trinajstić information content (AvgIpc) is 3.29. The van der Waals surface area contributed by atoms with Gasteiger partial charge in [-0.2, -0.15) is 13.9 Å². The highest BCUT2D eigenvalue weighted by atomic mass is 19.3. The van der Waals surface area contributed by atoms with Gasteiger partial charge in [0, 0.05) is 23.6 Å². The molecule has 8 heteroatoms. The molecule has 2 aliphatic heterocycles. The fourth-order valence-corrected chi connectivity index (χ4v) is 4.33. The first-order chi connectivity index (χ1) is 16.1. The van der Waals surface area contributed by atoms with Crippen LogP contribution in [0.5, 0.6) is 23.0 Å². The van der Waals surface area contributed by atoms with E-state index >= 15 is 0 Å². The maximum Gasteiger partial charge on any atom is 0.387 e. The van der Waals surface area contributed by atoms with Crippen LogP contribution in [0.2, 0.25) is 0 Å². The van der Waals surface area contributed by atoms with Gasteiger partial charge in [-0.1, -0.05) is 30.3 Å². The van der Waals surface area contributed by atoms with E-state index < -0.39 is 12.8 Å². The van der Waals surface area contributed by atoms with E-state index in [-0.39, 0.29) is 11.8 Å². The quantitative estimate of drug-likeness (QED) is 0.491. The molecule has 3 aromatic carbocycles. The number of ether oxygens (including phenoxy) is 4. The lowest BCUT2D eigenvalue weighted by Crippen LogP contribution is -2.34. The van der Waals surface area contributed by atoms with E-state index in [1.165, 1.54) is 6.07 Å². The first-order valence-corrected chi connectivity index (χ1v) is 10.5. The summed E-state index contributed by atoms with van der Waals surface area (Å²) in [5.41, 5.74) is 3.09. The Morgan fingerprint density at radius 3 is 2.45 bits per heavy atom. The topological polar surface area (TPSA) is 52.5 Å². The first kappa shape index (κ1) is 21.1. The van der Waals surface area contributed by atoms with E-state index in [9.17, 15) is 8.78 Å². The minimum absolute atomic E-state index is 0.0568. The predicted octanol–water partition coefficient (Wildman–Crippen LogP) is 5.55. The van der Waals surface area contributed by atoms with E-state index in [2.05, 4.69) is 0 Å². The van der Waals surface area contributed by atoms with Crippen molar-refractivity contribution in [3.05, 3.63) is 83.4 Å². The molecule has 33 heavy (non-hydrogen) atoms. The molecule has 2 atom stereocenters. The van der Waals surface area contributed by atoms with Gasteiger partial charge in [0.25, 0.3) is 0 Å². The summed E-state index contributed by atoms with van der Waals surface area (Å²) in [7, 11) is 3.19. The van der Waals surface area contributed by atoms with Crippen LogP contribution in [-0.2, 0) is 0 Å². The van der Waals surface area contributed by atoms with Gasteiger partial charge in [0.05, 0.1) is 31.5 Å². The minimum Gasteiger partial charge on any atom is -0.497 e. The molecule has 0 spiro atoms. The minimum atomic E-state index is -2.95. The molecule has 0 saturated carbocycles. The third kappa shape index (κ3) is 3.82. The second-order valence-corrected chi connectivity index (χ2v) is 7.64. The summed E-state index contributed by atoms with van der Waals surface area (Å²) in [4.78, 5) is 0. The molecular formula is C25H22F2N2O4. The Balaban J connectivity index is 1.60. The van der Waals surface area contributed by atoms with E-state index in [0.717, 1.165) is 16.8 Å². The van der Waals surface area contributed by atoms with Gasteiger partial charge in [0.15, 0.2) is 0 Å². The molecule has 6 nitrogen and oxygen atoms in total. The van der Waals surface area contributed by atoms with Crippen molar-refractivity contribution >= 4 is 5.71 Å². The molecule has 5 rings (SSSR count). The SMILES string of the molecule is COc1ccc(C2=NN3C(C2)c2ccccc2OC3c2ccccc2OC(F)F)c(OC)c1. The van der Waals surface area contributed by atoms with Crippen molar-refractivity contribution in [2.45, 2.75) is 25.3 Å². The van der Waals surface area contributed by atoms with Crippen LogP contribution in [0.25, 0.3) is 0 Å². The molecule has 170 valence electrons. The number of nitrogens with zero attached hydrogens (tertiary/aromatic N) is 2. The molecule has 0 amide bonds. The van der Waals surface area contributed by atoms with E-state index in [4.69, 9.17) is 24.0 Å². The summed E-state index contributed by atoms with van der Waals surface area (Å²) in [5, 5.41) is 6.70. The smallest absolute Gasteiger partial charge is 0.387 e. The normalized spacial score (nSPS) is 18.8. The first-order valence-electron chi connectivity index (χ1n) is 10.5. The molecule has 2 aliphatic rings. The Morgan fingerprint density at radius 2 is 1.70 bits per heavy atom. The molecule has 0 aliphatic carbocycles. The fraction of sp³-hybridized carbons (Fsp3) is 0.240. The standard InChI is InChI=1S/C25H22F2N2O4/c1-30-15-11-12-16(23(13-15)31-2)19-14-20-17-7-3-5-9-21(17)32-24(29(20)28-19)18-8-4-6-10-22(18)33-25(26)27/h3-13,20,24-25H,14H2,1-2H3. The second-order valence-electron chi connectivity index (χ2n) is 7.64. The van der Waals surface area contributed by atoms with Crippen LogP contribution in [0.3, 0.4) is 0 Å². The molecule has 0 saturated heterocycles. The predicted molar refractivity (Wildman–Crippen MR) is 118 cm³/mol. The molecule has 2 heterocycles. The summed E-state index contributed by atoms with van der Waals surface area (Å²) in [6.07, 6.45) is -0.140. The Kier molecular flexibility index (Phi) is 5.50. The average molecular weight is 452 g/mol. The fourth-order valence-electron chi connectivity index (χ4n) is 4.33. The zero-order valence-electron chi connectivity index (χ0n) is 18.1. The maximum atomic E-state index is 13.1. The number of rotatable bonds is 6. The van der Waals surface area contributed by atoms with Crippen molar-refractivity contribution in [2.75, 3.05) is 14.2 Å². The number of benzene rings is 3. The van der Waals surface area contributed by atoms with Gasteiger partial charge in [0.1, 0.15) is 23.0 Å². The number of hydrogen-bond acceptors (Lipinski definition) is 6. The summed E-state index contributed by atoms with van der Waals surface area (Å²) >= 11 is 0. The molecule has 0 bridgehead atoms. The van der Waals surface area contributed by atoms with Crippen molar-refractivity contribution in [3.63, 3.8) is 0 Å². The van der Waals surface area contributed by atoms with Crippen LogP contribution in [0, 0.1) is 0 Å². The highest BCUT2D eigenvalue weighted by Gasteiger charge is 2.42. The molecule has 0 fully saturated rings. The number of para-hydroxylation sites is 2. The van der Waals surface area contributed by atoms with Gasteiger partial charge < -0.3 is 18.9 Å². The number of hydrogen-bond donors (Lipinski definition) is 0. The van der Waals surface area contributed by atoms with E-state index in [0.29, 0.717) is 29.2 Å². The Hall–Kier alpha value is -3.81. The molecule has 0 N–H and O–H groups in total. The summed E-state index contributed by atoms with van der Waals surface area (Å²) in [6, 6.07) is 19.8. The van der Waals surface area contributed by atoms with Crippen molar-refractivity contribution in [1.29, 1.82) is 0 Å². The summed E-state index contributed by atoms with van der Waals surface area (Å²) < 4.78 is 48.1. The molecular weight excluding hydrogens is 430 g/mol. The van der Waals surface area contributed by atoms with Gasteiger partial charge in [-0.05, 0) is 30.3 Å². The molecule has 3 aromatic rings. The summed E-state index contributed by atoms with van der Waals surface area (Å²) in [5.74, 6) is 2.06. The van der Waals surface area contributed by atoms with Crippen molar-refractivity contribution in [1.82, 2.24) is 5.01 Å². The monoisotopic (exact) mass is 452 g/mol. The van der Waals surface area contributed by atoms with Gasteiger partial charge in [0.2, 0.25) is 6.23 Å². The van der Waals surface area contributed by atoms with Gasteiger partial charge in [-0.25, -0.2) is 5.01 Å². The van der Waals surface area contributed by atoms with Crippen LogP contribution in [0.1, 0.15) is 35.4 Å². The lowest BCUT2D eigenvalue weighted by Gasteiger charge is -2.38. The number of fused-ring (bicyclic) bond motifs is 3. The third-order valence-corrected chi connectivity index (χ3v) is 5.82. The zero-order valence-corrected chi connectivity index (χ0v) is 18.1. The van der Waals surface area contributed by atoms with Crippen LogP contribution in [0.15, 0.2) is 71.8 Å². The largest absolute Gasteiger partial charge is 0.497 e. The van der Waals surface area contributed by atoms with Gasteiger partial charge >= 0.3 is 6.61 Å². The third-order valence-electron chi connectivity index (χ3n) is 5.82. The summed E-state index contributed by atoms with van der Waals surface area (Å²) in [6.45, 7) is -2.95.